The molecule has 0 atom stereocenters. The standard InChI is InChI=1S/C22H27ClN4O4/c1-22(2,3)31-21(30)26-13-10-17(11-14-26)27-12-4-5-18(27)20(29)25-24-19(28)15-6-8-16(23)9-7-15/h4-9,12,17H,10-11,13-14H2,1-3H3,(H,24,28)(H,25,29). The summed E-state index contributed by atoms with van der Waals surface area (Å²) in [6, 6.07) is 9.91. The number of amides is 3. The maximum atomic E-state index is 12.6. The second-order valence-corrected chi connectivity index (χ2v) is 8.85. The molecular weight excluding hydrogens is 420 g/mol. The van der Waals surface area contributed by atoms with Crippen molar-refractivity contribution in [1.82, 2.24) is 20.3 Å². The summed E-state index contributed by atoms with van der Waals surface area (Å²) in [4.78, 5) is 38.8. The van der Waals surface area contributed by atoms with Gasteiger partial charge in [-0.3, -0.25) is 20.4 Å². The minimum atomic E-state index is -0.532. The zero-order valence-electron chi connectivity index (χ0n) is 17.9. The number of nitrogens with zero attached hydrogens (tertiary/aromatic N) is 2. The molecule has 1 aromatic heterocycles. The smallest absolute Gasteiger partial charge is 0.410 e. The van der Waals surface area contributed by atoms with Crippen molar-refractivity contribution in [3.8, 4) is 0 Å². The third-order valence-corrected chi connectivity index (χ3v) is 5.17. The maximum absolute atomic E-state index is 12.6. The molecule has 0 unspecified atom stereocenters. The largest absolute Gasteiger partial charge is 0.444 e. The first-order valence-electron chi connectivity index (χ1n) is 10.1. The van der Waals surface area contributed by atoms with Crippen molar-refractivity contribution in [2.45, 2.75) is 45.3 Å². The number of ether oxygens (including phenoxy) is 1. The van der Waals surface area contributed by atoms with E-state index in [1.807, 2.05) is 31.5 Å². The first-order valence-corrected chi connectivity index (χ1v) is 10.5. The highest BCUT2D eigenvalue weighted by molar-refractivity contribution is 6.30. The van der Waals surface area contributed by atoms with Crippen molar-refractivity contribution in [2.75, 3.05) is 13.1 Å². The molecule has 1 aromatic carbocycles. The quantitative estimate of drug-likeness (QED) is 0.701. The Morgan fingerprint density at radius 2 is 1.61 bits per heavy atom. The summed E-state index contributed by atoms with van der Waals surface area (Å²) < 4.78 is 7.32. The number of hydrogen-bond donors (Lipinski definition) is 2. The summed E-state index contributed by atoms with van der Waals surface area (Å²) in [7, 11) is 0. The molecule has 9 heteroatoms. The van der Waals surface area contributed by atoms with Crippen LogP contribution in [0.5, 0.6) is 0 Å². The van der Waals surface area contributed by atoms with Crippen LogP contribution in [0.25, 0.3) is 0 Å². The molecule has 166 valence electrons. The summed E-state index contributed by atoms with van der Waals surface area (Å²) in [5, 5.41) is 0.524. The SMILES string of the molecule is CC(C)(C)OC(=O)N1CCC(n2cccc2C(=O)NNC(=O)c2ccc(Cl)cc2)CC1. The highest BCUT2D eigenvalue weighted by atomic mass is 35.5. The number of hydrazine groups is 1. The van der Waals surface area contributed by atoms with Gasteiger partial charge in [-0.2, -0.15) is 0 Å². The fraction of sp³-hybridized carbons (Fsp3) is 0.409. The predicted molar refractivity (Wildman–Crippen MR) is 117 cm³/mol. The van der Waals surface area contributed by atoms with E-state index in [0.717, 1.165) is 0 Å². The van der Waals surface area contributed by atoms with Crippen LogP contribution in [0.2, 0.25) is 5.02 Å². The number of benzene rings is 1. The molecule has 2 heterocycles. The van der Waals surface area contributed by atoms with Gasteiger partial charge in [0.05, 0.1) is 0 Å². The monoisotopic (exact) mass is 446 g/mol. The third kappa shape index (κ3) is 6.01. The molecule has 2 aromatic rings. The van der Waals surface area contributed by atoms with E-state index < -0.39 is 17.4 Å². The highest BCUT2D eigenvalue weighted by Gasteiger charge is 2.28. The first-order chi connectivity index (χ1) is 14.6. The number of hydrogen-bond acceptors (Lipinski definition) is 4. The van der Waals surface area contributed by atoms with Gasteiger partial charge in [-0.15, -0.1) is 0 Å². The molecule has 31 heavy (non-hydrogen) atoms. The van der Waals surface area contributed by atoms with Gasteiger partial charge in [-0.25, -0.2) is 4.79 Å². The van der Waals surface area contributed by atoms with Crippen molar-refractivity contribution in [3.05, 3.63) is 58.9 Å². The van der Waals surface area contributed by atoms with E-state index in [9.17, 15) is 14.4 Å². The van der Waals surface area contributed by atoms with E-state index in [0.29, 0.717) is 42.2 Å². The van der Waals surface area contributed by atoms with E-state index in [1.54, 1.807) is 41.3 Å². The van der Waals surface area contributed by atoms with E-state index in [1.165, 1.54) is 0 Å². The van der Waals surface area contributed by atoms with Crippen molar-refractivity contribution in [1.29, 1.82) is 0 Å². The summed E-state index contributed by atoms with van der Waals surface area (Å²) in [6.07, 6.45) is 2.92. The Bertz CT molecular complexity index is 941. The predicted octanol–water partition coefficient (Wildman–Crippen LogP) is 3.79. The minimum absolute atomic E-state index is 0.0707. The van der Waals surface area contributed by atoms with Gasteiger partial charge in [0, 0.05) is 35.9 Å². The molecular formula is C22H27ClN4O4. The van der Waals surface area contributed by atoms with Gasteiger partial charge in [0.15, 0.2) is 0 Å². The maximum Gasteiger partial charge on any atom is 0.410 e. The zero-order valence-corrected chi connectivity index (χ0v) is 18.6. The third-order valence-electron chi connectivity index (χ3n) is 4.92. The fourth-order valence-corrected chi connectivity index (χ4v) is 3.53. The van der Waals surface area contributed by atoms with Gasteiger partial charge in [0.25, 0.3) is 11.8 Å². The van der Waals surface area contributed by atoms with E-state index in [4.69, 9.17) is 16.3 Å². The molecule has 8 nitrogen and oxygen atoms in total. The van der Waals surface area contributed by atoms with Gasteiger partial charge in [0.1, 0.15) is 11.3 Å². The highest BCUT2D eigenvalue weighted by Crippen LogP contribution is 2.25. The van der Waals surface area contributed by atoms with Gasteiger partial charge >= 0.3 is 6.09 Å². The molecule has 0 bridgehead atoms. The summed E-state index contributed by atoms with van der Waals surface area (Å²) in [6.45, 7) is 6.62. The molecule has 0 saturated carbocycles. The van der Waals surface area contributed by atoms with E-state index in [2.05, 4.69) is 10.9 Å². The lowest BCUT2D eigenvalue weighted by molar-refractivity contribution is 0.0187. The molecule has 0 aliphatic carbocycles. The first kappa shape index (κ1) is 22.7. The van der Waals surface area contributed by atoms with Crippen LogP contribution < -0.4 is 10.9 Å². The average Bonchev–Trinajstić information content (AvgIpc) is 3.21. The lowest BCUT2D eigenvalue weighted by Gasteiger charge is -2.34. The number of aromatic nitrogens is 1. The summed E-state index contributed by atoms with van der Waals surface area (Å²) in [5.41, 5.74) is 5.16. The number of likely N-dealkylation sites (tertiary alicyclic amines) is 1. The Morgan fingerprint density at radius 1 is 1.00 bits per heavy atom. The number of halogens is 1. The Balaban J connectivity index is 1.56. The lowest BCUT2D eigenvalue weighted by atomic mass is 10.0. The number of piperidine rings is 1. The van der Waals surface area contributed by atoms with Crippen LogP contribution >= 0.6 is 11.6 Å². The summed E-state index contributed by atoms with van der Waals surface area (Å²) in [5.74, 6) is -0.851. The van der Waals surface area contributed by atoms with Crippen LogP contribution in [0.4, 0.5) is 4.79 Å². The number of nitrogens with one attached hydrogen (secondary N) is 2. The molecule has 1 aliphatic heterocycles. The second-order valence-electron chi connectivity index (χ2n) is 8.41. The topological polar surface area (TPSA) is 92.7 Å². The lowest BCUT2D eigenvalue weighted by Crippen LogP contribution is -2.44. The van der Waals surface area contributed by atoms with Gasteiger partial charge in [-0.1, -0.05) is 11.6 Å². The normalized spacial score (nSPS) is 14.8. The van der Waals surface area contributed by atoms with Crippen LogP contribution in [-0.4, -0.2) is 46.1 Å². The number of rotatable bonds is 3. The molecule has 1 aliphatic rings. The van der Waals surface area contributed by atoms with Crippen LogP contribution in [0, 0.1) is 0 Å². The van der Waals surface area contributed by atoms with Gasteiger partial charge in [0.2, 0.25) is 0 Å². The summed E-state index contributed by atoms with van der Waals surface area (Å²) >= 11 is 5.82. The second kappa shape index (κ2) is 9.43. The average molecular weight is 447 g/mol. The molecule has 3 amide bonds. The number of carbonyl (C=O) groups is 3. The van der Waals surface area contributed by atoms with Crippen molar-refractivity contribution in [3.63, 3.8) is 0 Å². The Kier molecular flexibility index (Phi) is 6.90. The molecule has 1 fully saturated rings. The fourth-order valence-electron chi connectivity index (χ4n) is 3.41. The molecule has 1 saturated heterocycles. The minimum Gasteiger partial charge on any atom is -0.444 e. The Hall–Kier alpha value is -3.00. The van der Waals surface area contributed by atoms with Gasteiger partial charge in [-0.05, 0) is 70.0 Å². The van der Waals surface area contributed by atoms with Crippen LogP contribution in [0.15, 0.2) is 42.6 Å². The van der Waals surface area contributed by atoms with Crippen molar-refractivity contribution in [2.24, 2.45) is 0 Å². The zero-order chi connectivity index (χ0) is 22.6. The van der Waals surface area contributed by atoms with Gasteiger partial charge < -0.3 is 14.2 Å². The molecule has 3 rings (SSSR count). The van der Waals surface area contributed by atoms with E-state index in [-0.39, 0.29) is 12.1 Å². The molecule has 2 N–H and O–H groups in total. The van der Waals surface area contributed by atoms with Crippen LogP contribution in [0.1, 0.15) is 60.5 Å². The van der Waals surface area contributed by atoms with Crippen molar-refractivity contribution < 1.29 is 19.1 Å². The molecule has 0 spiro atoms. The Morgan fingerprint density at radius 3 is 2.23 bits per heavy atom. The van der Waals surface area contributed by atoms with Crippen molar-refractivity contribution >= 4 is 29.5 Å². The molecule has 0 radical (unpaired) electrons. The van der Waals surface area contributed by atoms with Crippen LogP contribution in [0.3, 0.4) is 0 Å². The number of carbonyl (C=O) groups excluding carboxylic acids is 3. The van der Waals surface area contributed by atoms with Crippen LogP contribution in [-0.2, 0) is 4.74 Å². The Labute approximate surface area is 186 Å². The van der Waals surface area contributed by atoms with E-state index >= 15 is 0 Å².